The van der Waals surface area contributed by atoms with E-state index in [0.717, 1.165) is 31.6 Å². The van der Waals surface area contributed by atoms with Crippen LogP contribution in [0.2, 0.25) is 0 Å². The van der Waals surface area contributed by atoms with Crippen LogP contribution in [-0.2, 0) is 0 Å². The number of nitrogens with zero attached hydrogens (tertiary/aromatic N) is 3. The number of amides is 1. The standard InChI is InChI=1S/C20H14Br2N4O2S/c1-28-17-7-13(21)6-16(9-17)26-10-18(24-25-26)12-2-4-15(5-3-12)23-20(27)19-8-14(22)11-29-19/h2-11H,1H3,(H,23,27). The van der Waals surface area contributed by atoms with Crippen LogP contribution >= 0.6 is 43.2 Å². The van der Waals surface area contributed by atoms with Crippen molar-refractivity contribution >= 4 is 54.8 Å². The Kier molecular flexibility index (Phi) is 5.79. The third-order valence-corrected chi connectivity index (χ3v) is 6.23. The van der Waals surface area contributed by atoms with E-state index in [4.69, 9.17) is 4.74 Å². The summed E-state index contributed by atoms with van der Waals surface area (Å²) < 4.78 is 8.77. The minimum Gasteiger partial charge on any atom is -0.497 e. The van der Waals surface area contributed by atoms with Crippen molar-refractivity contribution in [3.05, 3.63) is 73.9 Å². The van der Waals surface area contributed by atoms with Crippen LogP contribution in [0.15, 0.2) is 69.1 Å². The fourth-order valence-corrected chi connectivity index (χ4v) is 4.45. The average Bonchev–Trinajstić information content (AvgIpc) is 3.37. The minimum atomic E-state index is -0.136. The molecule has 0 atom stereocenters. The summed E-state index contributed by atoms with van der Waals surface area (Å²) in [6.45, 7) is 0. The first-order valence-electron chi connectivity index (χ1n) is 8.45. The van der Waals surface area contributed by atoms with E-state index in [2.05, 4.69) is 47.5 Å². The highest BCUT2D eigenvalue weighted by Gasteiger charge is 2.10. The van der Waals surface area contributed by atoms with E-state index in [0.29, 0.717) is 10.6 Å². The number of carbonyl (C=O) groups is 1. The molecule has 9 heteroatoms. The Balaban J connectivity index is 1.51. The summed E-state index contributed by atoms with van der Waals surface area (Å²) in [7, 11) is 1.62. The predicted octanol–water partition coefficient (Wildman–Crippen LogP) is 5.78. The fraction of sp³-hybridized carbons (Fsp3) is 0.0500. The Hall–Kier alpha value is -2.49. The van der Waals surface area contributed by atoms with E-state index in [-0.39, 0.29) is 5.91 Å². The van der Waals surface area contributed by atoms with Gasteiger partial charge in [-0.3, -0.25) is 4.79 Å². The summed E-state index contributed by atoms with van der Waals surface area (Å²) in [6, 6.07) is 15.0. The number of rotatable bonds is 5. The fourth-order valence-electron chi connectivity index (χ4n) is 2.67. The zero-order valence-electron chi connectivity index (χ0n) is 15.1. The molecule has 0 bridgehead atoms. The van der Waals surface area contributed by atoms with Gasteiger partial charge in [0.15, 0.2) is 0 Å². The van der Waals surface area contributed by atoms with Gasteiger partial charge in [0.2, 0.25) is 0 Å². The molecule has 0 unspecified atom stereocenters. The number of carbonyl (C=O) groups excluding carboxylic acids is 1. The number of nitrogens with one attached hydrogen (secondary N) is 1. The van der Waals surface area contributed by atoms with Crippen LogP contribution in [-0.4, -0.2) is 28.0 Å². The van der Waals surface area contributed by atoms with E-state index < -0.39 is 0 Å². The number of methoxy groups -OCH3 is 1. The molecule has 29 heavy (non-hydrogen) atoms. The van der Waals surface area contributed by atoms with Gasteiger partial charge in [-0.15, -0.1) is 16.4 Å². The average molecular weight is 534 g/mol. The molecule has 1 amide bonds. The van der Waals surface area contributed by atoms with Gasteiger partial charge in [-0.2, -0.15) is 0 Å². The quantitative estimate of drug-likeness (QED) is 0.353. The molecule has 6 nitrogen and oxygen atoms in total. The zero-order valence-corrected chi connectivity index (χ0v) is 19.1. The Morgan fingerprint density at radius 1 is 1.10 bits per heavy atom. The van der Waals surface area contributed by atoms with Crippen LogP contribution in [0.25, 0.3) is 16.9 Å². The summed E-state index contributed by atoms with van der Waals surface area (Å²) >= 11 is 8.22. The topological polar surface area (TPSA) is 69.0 Å². The third-order valence-electron chi connectivity index (χ3n) is 4.08. The molecule has 0 aliphatic carbocycles. The van der Waals surface area contributed by atoms with Gasteiger partial charge in [0, 0.05) is 31.6 Å². The highest BCUT2D eigenvalue weighted by molar-refractivity contribution is 9.10. The Bertz CT molecular complexity index is 1170. The molecule has 4 aromatic rings. The summed E-state index contributed by atoms with van der Waals surface area (Å²) in [4.78, 5) is 12.9. The van der Waals surface area contributed by atoms with Crippen molar-refractivity contribution in [2.75, 3.05) is 12.4 Å². The van der Waals surface area contributed by atoms with Crippen LogP contribution in [0.1, 0.15) is 9.67 Å². The van der Waals surface area contributed by atoms with Crippen molar-refractivity contribution in [2.24, 2.45) is 0 Å². The van der Waals surface area contributed by atoms with Crippen LogP contribution < -0.4 is 10.1 Å². The molecule has 146 valence electrons. The van der Waals surface area contributed by atoms with E-state index in [1.54, 1.807) is 17.9 Å². The Morgan fingerprint density at radius 2 is 1.90 bits per heavy atom. The highest BCUT2D eigenvalue weighted by Crippen LogP contribution is 2.26. The van der Waals surface area contributed by atoms with Crippen LogP contribution in [0.5, 0.6) is 5.75 Å². The lowest BCUT2D eigenvalue weighted by atomic mass is 10.1. The Morgan fingerprint density at radius 3 is 2.59 bits per heavy atom. The van der Waals surface area contributed by atoms with Crippen molar-refractivity contribution in [2.45, 2.75) is 0 Å². The number of halogens is 2. The maximum atomic E-state index is 12.3. The van der Waals surface area contributed by atoms with Crippen molar-refractivity contribution in [3.8, 4) is 22.7 Å². The molecule has 2 heterocycles. The summed E-state index contributed by atoms with van der Waals surface area (Å²) in [6.07, 6.45) is 1.85. The van der Waals surface area contributed by atoms with Gasteiger partial charge >= 0.3 is 0 Å². The van der Waals surface area contributed by atoms with Gasteiger partial charge in [-0.25, -0.2) is 4.68 Å². The number of aromatic nitrogens is 3. The molecule has 0 saturated heterocycles. The zero-order chi connectivity index (χ0) is 20.4. The van der Waals surface area contributed by atoms with Gasteiger partial charge in [0.1, 0.15) is 11.4 Å². The van der Waals surface area contributed by atoms with E-state index in [9.17, 15) is 4.79 Å². The minimum absolute atomic E-state index is 0.136. The Labute approximate surface area is 187 Å². The smallest absolute Gasteiger partial charge is 0.265 e. The number of anilines is 1. The molecular formula is C20H14Br2N4O2S. The summed E-state index contributed by atoms with van der Waals surface area (Å²) in [5.41, 5.74) is 3.17. The van der Waals surface area contributed by atoms with Crippen LogP contribution in [0.4, 0.5) is 5.69 Å². The number of thiophene rings is 1. The maximum absolute atomic E-state index is 12.3. The van der Waals surface area contributed by atoms with Crippen LogP contribution in [0, 0.1) is 0 Å². The molecule has 0 aliphatic rings. The molecule has 0 fully saturated rings. The SMILES string of the molecule is COc1cc(Br)cc(-n2cc(-c3ccc(NC(=O)c4cc(Br)cs4)cc3)nn2)c1. The second-order valence-corrected chi connectivity index (χ2v) is 8.80. The number of hydrogen-bond donors (Lipinski definition) is 1. The first kappa shape index (κ1) is 19.8. The second kappa shape index (κ2) is 8.48. The van der Waals surface area contributed by atoms with Gasteiger partial charge in [-0.05, 0) is 46.3 Å². The normalized spacial score (nSPS) is 10.7. The first-order chi connectivity index (χ1) is 14.0. The van der Waals surface area contributed by atoms with Gasteiger partial charge in [0.25, 0.3) is 5.91 Å². The molecule has 2 aromatic heterocycles. The van der Waals surface area contributed by atoms with E-state index >= 15 is 0 Å². The monoisotopic (exact) mass is 532 g/mol. The summed E-state index contributed by atoms with van der Waals surface area (Å²) in [5, 5.41) is 13.2. The number of benzene rings is 2. The molecular weight excluding hydrogens is 520 g/mol. The van der Waals surface area contributed by atoms with Crippen molar-refractivity contribution in [1.29, 1.82) is 0 Å². The third kappa shape index (κ3) is 4.58. The second-order valence-electron chi connectivity index (χ2n) is 6.06. The maximum Gasteiger partial charge on any atom is 0.265 e. The van der Waals surface area contributed by atoms with Crippen molar-refractivity contribution in [3.63, 3.8) is 0 Å². The molecule has 0 spiro atoms. The van der Waals surface area contributed by atoms with E-state index in [1.165, 1.54) is 11.3 Å². The lowest BCUT2D eigenvalue weighted by Crippen LogP contribution is -2.09. The van der Waals surface area contributed by atoms with Gasteiger partial charge < -0.3 is 10.1 Å². The molecule has 0 saturated carbocycles. The molecule has 4 rings (SSSR count). The highest BCUT2D eigenvalue weighted by atomic mass is 79.9. The van der Waals surface area contributed by atoms with Gasteiger partial charge in [0.05, 0.1) is 23.9 Å². The first-order valence-corrected chi connectivity index (χ1v) is 10.9. The number of hydrogen-bond acceptors (Lipinski definition) is 5. The largest absolute Gasteiger partial charge is 0.497 e. The van der Waals surface area contributed by atoms with E-state index in [1.807, 2.05) is 54.0 Å². The van der Waals surface area contributed by atoms with Gasteiger partial charge in [-0.1, -0.05) is 33.3 Å². The molecule has 1 N–H and O–H groups in total. The number of ether oxygens (including phenoxy) is 1. The molecule has 2 aromatic carbocycles. The van der Waals surface area contributed by atoms with Crippen molar-refractivity contribution < 1.29 is 9.53 Å². The lowest BCUT2D eigenvalue weighted by Gasteiger charge is -2.05. The summed E-state index contributed by atoms with van der Waals surface area (Å²) in [5.74, 6) is 0.590. The predicted molar refractivity (Wildman–Crippen MR) is 121 cm³/mol. The van der Waals surface area contributed by atoms with Crippen molar-refractivity contribution in [1.82, 2.24) is 15.0 Å². The lowest BCUT2D eigenvalue weighted by molar-refractivity contribution is 0.103. The van der Waals surface area contributed by atoms with Crippen LogP contribution in [0.3, 0.4) is 0 Å². The molecule has 0 aliphatic heterocycles. The molecule has 0 radical (unpaired) electrons.